The molecule has 0 aliphatic carbocycles. The van der Waals surface area contributed by atoms with Crippen molar-refractivity contribution in [2.75, 3.05) is 26.8 Å². The molecule has 0 aliphatic rings. The van der Waals surface area contributed by atoms with Crippen molar-refractivity contribution in [2.24, 2.45) is 0 Å². The molecular formula is C12H23N3O2. The normalized spacial score (nSPS) is 13.0. The van der Waals surface area contributed by atoms with Crippen LogP contribution in [-0.4, -0.2) is 47.8 Å². The molecular weight excluding hydrogens is 218 g/mol. The summed E-state index contributed by atoms with van der Waals surface area (Å²) in [6, 6.07) is 0. The molecule has 1 rings (SSSR count). The zero-order chi connectivity index (χ0) is 12.8. The molecule has 0 saturated heterocycles. The lowest BCUT2D eigenvalue weighted by molar-refractivity contribution is 0.139. The largest absolute Gasteiger partial charge is 0.390 e. The fourth-order valence-electron chi connectivity index (χ4n) is 1.67. The van der Waals surface area contributed by atoms with E-state index in [1.165, 1.54) is 5.56 Å². The van der Waals surface area contributed by atoms with Gasteiger partial charge in [0, 0.05) is 25.9 Å². The zero-order valence-electron chi connectivity index (χ0n) is 11.2. The average molecular weight is 241 g/mol. The van der Waals surface area contributed by atoms with E-state index in [0.717, 1.165) is 17.9 Å². The summed E-state index contributed by atoms with van der Waals surface area (Å²) < 4.78 is 6.79. The maximum Gasteiger partial charge on any atom is 0.0860 e. The smallest absolute Gasteiger partial charge is 0.0860 e. The average Bonchev–Trinajstić information content (AvgIpc) is 2.53. The molecule has 0 fully saturated rings. The van der Waals surface area contributed by atoms with Crippen LogP contribution in [0.4, 0.5) is 0 Å². The topological polar surface area (TPSA) is 59.3 Å². The van der Waals surface area contributed by atoms with E-state index < -0.39 is 6.10 Å². The first-order valence-electron chi connectivity index (χ1n) is 5.94. The molecule has 0 spiro atoms. The summed E-state index contributed by atoms with van der Waals surface area (Å²) in [5, 5.41) is 17.4. The van der Waals surface area contributed by atoms with Crippen molar-refractivity contribution in [3.63, 3.8) is 0 Å². The number of aromatic nitrogens is 2. The lowest BCUT2D eigenvalue weighted by Crippen LogP contribution is -2.32. The van der Waals surface area contributed by atoms with Gasteiger partial charge in [0.05, 0.1) is 24.9 Å². The molecule has 1 aromatic rings. The maximum atomic E-state index is 9.86. The van der Waals surface area contributed by atoms with E-state index in [1.807, 2.05) is 18.5 Å². The van der Waals surface area contributed by atoms with Gasteiger partial charge in [-0.25, -0.2) is 0 Å². The van der Waals surface area contributed by atoms with Crippen molar-refractivity contribution < 1.29 is 9.84 Å². The second-order valence-corrected chi connectivity index (χ2v) is 4.33. The SMILES string of the molecule is COCCNCC(O)Cn1nc(C)c(C)c1C. The molecule has 1 heterocycles. The molecule has 0 radical (unpaired) electrons. The predicted octanol–water partition coefficient (Wildman–Crippen LogP) is 0.405. The van der Waals surface area contributed by atoms with Gasteiger partial charge in [-0.05, 0) is 26.3 Å². The Morgan fingerprint density at radius 2 is 2.12 bits per heavy atom. The first kappa shape index (κ1) is 14.2. The van der Waals surface area contributed by atoms with Gasteiger partial charge in [-0.1, -0.05) is 0 Å². The monoisotopic (exact) mass is 241 g/mol. The molecule has 0 aromatic carbocycles. The number of hydrogen-bond acceptors (Lipinski definition) is 4. The highest BCUT2D eigenvalue weighted by atomic mass is 16.5. The number of aliphatic hydroxyl groups is 1. The standard InChI is InChI=1S/C12H23N3O2/c1-9-10(2)14-15(11(9)3)8-12(16)7-13-5-6-17-4/h12-13,16H,5-8H2,1-4H3. The predicted molar refractivity (Wildman–Crippen MR) is 67.2 cm³/mol. The van der Waals surface area contributed by atoms with Crippen LogP contribution < -0.4 is 5.32 Å². The summed E-state index contributed by atoms with van der Waals surface area (Å²) in [4.78, 5) is 0. The number of aryl methyl sites for hydroxylation is 1. The van der Waals surface area contributed by atoms with E-state index in [9.17, 15) is 5.11 Å². The number of aliphatic hydroxyl groups excluding tert-OH is 1. The lowest BCUT2D eigenvalue weighted by atomic mass is 10.2. The molecule has 0 aliphatic heterocycles. The third-order valence-corrected chi connectivity index (χ3v) is 2.99. The Labute approximate surface area is 103 Å². The van der Waals surface area contributed by atoms with E-state index >= 15 is 0 Å². The van der Waals surface area contributed by atoms with Crippen LogP contribution in [0, 0.1) is 20.8 Å². The molecule has 98 valence electrons. The quantitative estimate of drug-likeness (QED) is 0.679. The van der Waals surface area contributed by atoms with E-state index in [1.54, 1.807) is 7.11 Å². The minimum Gasteiger partial charge on any atom is -0.390 e. The zero-order valence-corrected chi connectivity index (χ0v) is 11.2. The summed E-state index contributed by atoms with van der Waals surface area (Å²) in [5.74, 6) is 0. The fourth-order valence-corrected chi connectivity index (χ4v) is 1.67. The highest BCUT2D eigenvalue weighted by Crippen LogP contribution is 2.11. The van der Waals surface area contributed by atoms with Crippen molar-refractivity contribution in [2.45, 2.75) is 33.4 Å². The Balaban J connectivity index is 2.39. The van der Waals surface area contributed by atoms with Crippen molar-refractivity contribution >= 4 is 0 Å². The fraction of sp³-hybridized carbons (Fsp3) is 0.750. The van der Waals surface area contributed by atoms with Gasteiger partial charge >= 0.3 is 0 Å². The van der Waals surface area contributed by atoms with Crippen LogP contribution in [0.15, 0.2) is 0 Å². The molecule has 1 unspecified atom stereocenters. The molecule has 0 amide bonds. The Morgan fingerprint density at radius 3 is 2.65 bits per heavy atom. The molecule has 1 atom stereocenters. The van der Waals surface area contributed by atoms with Crippen LogP contribution in [0.1, 0.15) is 17.0 Å². The third kappa shape index (κ3) is 4.11. The van der Waals surface area contributed by atoms with Gasteiger partial charge in [-0.2, -0.15) is 5.10 Å². The second kappa shape index (κ2) is 6.74. The molecule has 0 saturated carbocycles. The van der Waals surface area contributed by atoms with Crippen molar-refractivity contribution in [3.05, 3.63) is 17.0 Å². The maximum absolute atomic E-state index is 9.86. The number of ether oxygens (including phenoxy) is 1. The van der Waals surface area contributed by atoms with Gasteiger partial charge < -0.3 is 15.2 Å². The van der Waals surface area contributed by atoms with Gasteiger partial charge in [0.25, 0.3) is 0 Å². The van der Waals surface area contributed by atoms with Crippen LogP contribution in [-0.2, 0) is 11.3 Å². The van der Waals surface area contributed by atoms with E-state index in [-0.39, 0.29) is 0 Å². The van der Waals surface area contributed by atoms with Gasteiger partial charge in [0.2, 0.25) is 0 Å². The number of hydrogen-bond donors (Lipinski definition) is 2. The first-order chi connectivity index (χ1) is 8.06. The Morgan fingerprint density at radius 1 is 1.41 bits per heavy atom. The van der Waals surface area contributed by atoms with Crippen LogP contribution in [0.5, 0.6) is 0 Å². The summed E-state index contributed by atoms with van der Waals surface area (Å²) in [6.45, 7) is 8.57. The van der Waals surface area contributed by atoms with Crippen molar-refractivity contribution in [1.82, 2.24) is 15.1 Å². The Hall–Kier alpha value is -0.910. The molecule has 1 aromatic heterocycles. The molecule has 5 heteroatoms. The van der Waals surface area contributed by atoms with E-state index in [2.05, 4.69) is 17.3 Å². The van der Waals surface area contributed by atoms with Crippen LogP contribution in [0.25, 0.3) is 0 Å². The van der Waals surface area contributed by atoms with E-state index in [4.69, 9.17) is 4.74 Å². The number of rotatable bonds is 7. The van der Waals surface area contributed by atoms with Gasteiger partial charge in [-0.15, -0.1) is 0 Å². The molecule has 17 heavy (non-hydrogen) atoms. The third-order valence-electron chi connectivity index (χ3n) is 2.99. The van der Waals surface area contributed by atoms with Gasteiger partial charge in [0.1, 0.15) is 0 Å². The van der Waals surface area contributed by atoms with Gasteiger partial charge in [-0.3, -0.25) is 4.68 Å². The summed E-state index contributed by atoms with van der Waals surface area (Å²) >= 11 is 0. The Bertz CT molecular complexity index is 350. The highest BCUT2D eigenvalue weighted by molar-refractivity contribution is 5.22. The summed E-state index contributed by atoms with van der Waals surface area (Å²) in [5.41, 5.74) is 3.35. The minimum atomic E-state index is -0.427. The van der Waals surface area contributed by atoms with Crippen LogP contribution in [0.3, 0.4) is 0 Å². The lowest BCUT2D eigenvalue weighted by Gasteiger charge is -2.13. The number of nitrogens with zero attached hydrogens (tertiary/aromatic N) is 2. The van der Waals surface area contributed by atoms with Crippen LogP contribution >= 0.6 is 0 Å². The molecule has 2 N–H and O–H groups in total. The second-order valence-electron chi connectivity index (χ2n) is 4.33. The van der Waals surface area contributed by atoms with Crippen molar-refractivity contribution in [3.8, 4) is 0 Å². The number of methoxy groups -OCH3 is 1. The molecule has 5 nitrogen and oxygen atoms in total. The van der Waals surface area contributed by atoms with Crippen molar-refractivity contribution in [1.29, 1.82) is 0 Å². The summed E-state index contributed by atoms with van der Waals surface area (Å²) in [6.07, 6.45) is -0.427. The van der Waals surface area contributed by atoms with Gasteiger partial charge in [0.15, 0.2) is 0 Å². The Kier molecular flexibility index (Phi) is 5.61. The molecule has 0 bridgehead atoms. The number of nitrogens with one attached hydrogen (secondary N) is 1. The van der Waals surface area contributed by atoms with E-state index in [0.29, 0.717) is 19.7 Å². The highest BCUT2D eigenvalue weighted by Gasteiger charge is 2.11. The first-order valence-corrected chi connectivity index (χ1v) is 5.94. The minimum absolute atomic E-state index is 0.427. The summed E-state index contributed by atoms with van der Waals surface area (Å²) in [7, 11) is 1.66. The van der Waals surface area contributed by atoms with Crippen LogP contribution in [0.2, 0.25) is 0 Å².